The fourth-order valence-corrected chi connectivity index (χ4v) is 6.51. The van der Waals surface area contributed by atoms with Crippen molar-refractivity contribution in [3.05, 3.63) is 71.3 Å². The third-order valence-electron chi connectivity index (χ3n) is 8.01. The molecule has 0 N–H and O–H groups in total. The van der Waals surface area contributed by atoms with Crippen molar-refractivity contribution < 1.29 is 9.47 Å². The Balaban J connectivity index is 1.41. The van der Waals surface area contributed by atoms with Crippen LogP contribution >= 0.6 is 0 Å². The molecule has 1 saturated carbocycles. The molecule has 1 fully saturated rings. The molecule has 0 aromatic heterocycles. The lowest BCUT2D eigenvalue weighted by atomic mass is 9.58. The number of allylic oxidation sites excluding steroid dienone is 2. The van der Waals surface area contributed by atoms with Crippen molar-refractivity contribution >= 4 is 5.57 Å². The van der Waals surface area contributed by atoms with Gasteiger partial charge in [-0.15, -0.1) is 0 Å². The second kappa shape index (κ2) is 7.65. The molecule has 5 rings (SSSR count). The highest BCUT2D eigenvalue weighted by atomic mass is 16.5. The number of benzene rings is 2. The highest BCUT2D eigenvalue weighted by Crippen LogP contribution is 2.60. The molecule has 2 aromatic rings. The Bertz CT molecular complexity index is 900. The van der Waals surface area contributed by atoms with Crippen molar-refractivity contribution in [3.63, 3.8) is 0 Å². The van der Waals surface area contributed by atoms with Crippen LogP contribution in [-0.4, -0.2) is 13.2 Å². The normalized spacial score (nSPS) is 30.1. The van der Waals surface area contributed by atoms with Gasteiger partial charge in [-0.05, 0) is 84.8 Å². The summed E-state index contributed by atoms with van der Waals surface area (Å²) in [6, 6.07) is 17.3. The van der Waals surface area contributed by atoms with Crippen molar-refractivity contribution in [2.24, 2.45) is 17.3 Å². The number of fused-ring (bicyclic) bond motifs is 5. The van der Waals surface area contributed by atoms with Crippen LogP contribution in [0.1, 0.15) is 55.7 Å². The molecular formula is C27H32O2. The van der Waals surface area contributed by atoms with E-state index in [0.717, 1.165) is 24.7 Å². The molecule has 0 spiro atoms. The maximum Gasteiger partial charge on any atom is 0.119 e. The molecule has 0 amide bonds. The first-order valence-electron chi connectivity index (χ1n) is 11.3. The van der Waals surface area contributed by atoms with Gasteiger partial charge in [0.05, 0.1) is 19.8 Å². The molecule has 2 heteroatoms. The van der Waals surface area contributed by atoms with Crippen LogP contribution < -0.4 is 4.74 Å². The van der Waals surface area contributed by atoms with E-state index in [9.17, 15) is 0 Å². The van der Waals surface area contributed by atoms with E-state index in [4.69, 9.17) is 9.47 Å². The summed E-state index contributed by atoms with van der Waals surface area (Å²) in [7, 11) is 1.76. The number of methoxy groups -OCH3 is 1. The van der Waals surface area contributed by atoms with Gasteiger partial charge >= 0.3 is 0 Å². The highest BCUT2D eigenvalue weighted by Gasteiger charge is 2.54. The van der Waals surface area contributed by atoms with E-state index in [1.54, 1.807) is 12.7 Å². The first kappa shape index (κ1) is 18.9. The average molecular weight is 389 g/mol. The Labute approximate surface area is 174 Å². The fraction of sp³-hybridized carbons (Fsp3) is 0.481. The Morgan fingerprint density at radius 3 is 2.69 bits per heavy atom. The van der Waals surface area contributed by atoms with Gasteiger partial charge in [-0.25, -0.2) is 0 Å². The molecule has 152 valence electrons. The predicted octanol–water partition coefficient (Wildman–Crippen LogP) is 6.44. The summed E-state index contributed by atoms with van der Waals surface area (Å²) in [4.78, 5) is 0. The zero-order valence-electron chi connectivity index (χ0n) is 17.7. The molecule has 4 atom stereocenters. The van der Waals surface area contributed by atoms with Crippen LogP contribution in [0.15, 0.2) is 54.6 Å². The maximum atomic E-state index is 6.59. The summed E-state index contributed by atoms with van der Waals surface area (Å²) < 4.78 is 12.0. The van der Waals surface area contributed by atoms with E-state index in [2.05, 4.69) is 61.5 Å². The van der Waals surface area contributed by atoms with E-state index in [1.807, 2.05) is 0 Å². The largest absolute Gasteiger partial charge is 0.497 e. The molecule has 0 bridgehead atoms. The summed E-state index contributed by atoms with van der Waals surface area (Å²) in [6.07, 6.45) is 10.3. The molecule has 0 aliphatic heterocycles. The second-order valence-corrected chi connectivity index (χ2v) is 9.09. The molecular weight excluding hydrogens is 356 g/mol. The van der Waals surface area contributed by atoms with Crippen LogP contribution in [0.3, 0.4) is 0 Å². The first-order chi connectivity index (χ1) is 14.2. The van der Waals surface area contributed by atoms with Crippen LogP contribution in [0, 0.1) is 17.3 Å². The van der Waals surface area contributed by atoms with Gasteiger partial charge in [-0.3, -0.25) is 0 Å². The number of aryl methyl sites for hydroxylation is 1. The molecule has 2 aromatic carbocycles. The zero-order valence-corrected chi connectivity index (χ0v) is 17.7. The SMILES string of the molecule is CC[C@]12CC=C3c4ccc(OC)cc4CC[C@H]3[C@@H]1CC[C@@H]2OCc1ccccc1. The minimum absolute atomic E-state index is 0.312. The smallest absolute Gasteiger partial charge is 0.119 e. The van der Waals surface area contributed by atoms with Crippen LogP contribution in [0.25, 0.3) is 5.57 Å². The lowest BCUT2D eigenvalue weighted by molar-refractivity contribution is -0.0566. The summed E-state index contributed by atoms with van der Waals surface area (Å²) in [5, 5.41) is 0. The lowest BCUT2D eigenvalue weighted by Gasteiger charge is -2.48. The Morgan fingerprint density at radius 2 is 1.90 bits per heavy atom. The van der Waals surface area contributed by atoms with Crippen molar-refractivity contribution in [2.45, 2.75) is 58.2 Å². The molecule has 3 aliphatic rings. The van der Waals surface area contributed by atoms with Crippen molar-refractivity contribution in [1.82, 2.24) is 0 Å². The van der Waals surface area contributed by atoms with E-state index < -0.39 is 0 Å². The van der Waals surface area contributed by atoms with Gasteiger partial charge in [0.25, 0.3) is 0 Å². The van der Waals surface area contributed by atoms with Gasteiger partial charge in [0.1, 0.15) is 5.75 Å². The highest BCUT2D eigenvalue weighted by molar-refractivity contribution is 5.73. The Kier molecular flexibility index (Phi) is 4.99. The number of rotatable bonds is 5. The van der Waals surface area contributed by atoms with Gasteiger partial charge in [-0.2, -0.15) is 0 Å². The Morgan fingerprint density at radius 1 is 1.03 bits per heavy atom. The van der Waals surface area contributed by atoms with Gasteiger partial charge in [0.2, 0.25) is 0 Å². The van der Waals surface area contributed by atoms with E-state index in [1.165, 1.54) is 48.8 Å². The second-order valence-electron chi connectivity index (χ2n) is 9.09. The molecule has 0 unspecified atom stereocenters. The third-order valence-corrected chi connectivity index (χ3v) is 8.01. The molecule has 29 heavy (non-hydrogen) atoms. The number of hydrogen-bond donors (Lipinski definition) is 0. The van der Waals surface area contributed by atoms with Crippen LogP contribution in [-0.2, 0) is 17.8 Å². The molecule has 2 nitrogen and oxygen atoms in total. The minimum Gasteiger partial charge on any atom is -0.497 e. The number of ether oxygens (including phenoxy) is 2. The molecule has 0 heterocycles. The van der Waals surface area contributed by atoms with Gasteiger partial charge in [0.15, 0.2) is 0 Å². The summed E-state index contributed by atoms with van der Waals surface area (Å²) in [6.45, 7) is 3.13. The molecule has 0 radical (unpaired) electrons. The fourth-order valence-electron chi connectivity index (χ4n) is 6.51. The van der Waals surface area contributed by atoms with Crippen LogP contribution in [0.2, 0.25) is 0 Å². The minimum atomic E-state index is 0.312. The molecule has 3 aliphatic carbocycles. The van der Waals surface area contributed by atoms with Crippen LogP contribution in [0.4, 0.5) is 0 Å². The Hall–Kier alpha value is -2.06. The van der Waals surface area contributed by atoms with E-state index in [0.29, 0.717) is 17.4 Å². The maximum absolute atomic E-state index is 6.59. The van der Waals surface area contributed by atoms with Crippen LogP contribution in [0.5, 0.6) is 5.75 Å². The standard InChI is InChI=1S/C27H32O2/c1-3-27-16-15-23-22-12-10-21(28-2)17-20(22)9-11-24(23)25(27)13-14-26(27)29-18-19-7-5-4-6-8-19/h4-8,10,12,15,17,24-26H,3,9,11,13-14,16,18H2,1-2H3/t24-,25+,26+,27+/m1/s1. The average Bonchev–Trinajstić information content (AvgIpc) is 3.16. The topological polar surface area (TPSA) is 18.5 Å². The van der Waals surface area contributed by atoms with E-state index >= 15 is 0 Å². The lowest BCUT2D eigenvalue weighted by Crippen LogP contribution is -2.42. The van der Waals surface area contributed by atoms with Gasteiger partial charge in [0, 0.05) is 5.41 Å². The first-order valence-corrected chi connectivity index (χ1v) is 11.3. The van der Waals surface area contributed by atoms with E-state index in [-0.39, 0.29) is 0 Å². The zero-order chi connectivity index (χ0) is 19.8. The summed E-state index contributed by atoms with van der Waals surface area (Å²) in [5.74, 6) is 2.43. The summed E-state index contributed by atoms with van der Waals surface area (Å²) >= 11 is 0. The molecule has 0 saturated heterocycles. The summed E-state index contributed by atoms with van der Waals surface area (Å²) in [5.41, 5.74) is 6.14. The van der Waals surface area contributed by atoms with Gasteiger partial charge in [-0.1, -0.05) is 49.4 Å². The van der Waals surface area contributed by atoms with Crippen molar-refractivity contribution in [2.75, 3.05) is 7.11 Å². The quantitative estimate of drug-likeness (QED) is 0.587. The number of hydrogen-bond acceptors (Lipinski definition) is 2. The third kappa shape index (κ3) is 3.13. The predicted molar refractivity (Wildman–Crippen MR) is 118 cm³/mol. The monoisotopic (exact) mass is 388 g/mol. The van der Waals surface area contributed by atoms with Crippen molar-refractivity contribution in [3.8, 4) is 5.75 Å². The van der Waals surface area contributed by atoms with Crippen molar-refractivity contribution in [1.29, 1.82) is 0 Å². The van der Waals surface area contributed by atoms with Gasteiger partial charge < -0.3 is 9.47 Å².